The third-order valence-electron chi connectivity index (χ3n) is 5.54. The second kappa shape index (κ2) is 11.6. The van der Waals surface area contributed by atoms with Crippen molar-refractivity contribution in [3.05, 3.63) is 124 Å². The molecule has 9 heteroatoms. The second-order valence-corrected chi connectivity index (χ2v) is 10.2. The van der Waals surface area contributed by atoms with Crippen LogP contribution >= 0.6 is 0 Å². The second-order valence-electron chi connectivity index (χ2n) is 8.18. The van der Waals surface area contributed by atoms with Crippen molar-refractivity contribution in [3.63, 3.8) is 0 Å². The molecule has 4 aromatic carbocycles. The molecule has 0 radical (unpaired) electrons. The van der Waals surface area contributed by atoms with Gasteiger partial charge in [0.2, 0.25) is 5.75 Å². The van der Waals surface area contributed by atoms with E-state index in [0.717, 1.165) is 17.2 Å². The van der Waals surface area contributed by atoms with Crippen LogP contribution in [0, 0.1) is 10.1 Å². The van der Waals surface area contributed by atoms with Crippen molar-refractivity contribution in [1.29, 1.82) is 0 Å². The number of hydrogen-bond donors (Lipinski definition) is 0. The highest BCUT2D eigenvalue weighted by Gasteiger charge is 2.28. The van der Waals surface area contributed by atoms with Crippen LogP contribution in [0.15, 0.2) is 102 Å². The van der Waals surface area contributed by atoms with Gasteiger partial charge >= 0.3 is 5.69 Å². The summed E-state index contributed by atoms with van der Waals surface area (Å²) >= 11 is 0. The number of nitro groups is 1. The van der Waals surface area contributed by atoms with Crippen molar-refractivity contribution in [1.82, 2.24) is 0 Å². The molecule has 4 aromatic rings. The van der Waals surface area contributed by atoms with Crippen LogP contribution in [0.5, 0.6) is 17.2 Å². The highest BCUT2D eigenvalue weighted by molar-refractivity contribution is 7.90. The quantitative estimate of drug-likeness (QED) is 0.184. The fourth-order valence-corrected chi connectivity index (χ4v) is 5.00. The van der Waals surface area contributed by atoms with Gasteiger partial charge in [-0.05, 0) is 28.8 Å². The summed E-state index contributed by atoms with van der Waals surface area (Å²) in [6, 6.07) is 27.2. The molecule has 0 saturated heterocycles. The molecule has 37 heavy (non-hydrogen) atoms. The predicted octanol–water partition coefficient (Wildman–Crippen LogP) is 5.74. The number of benzene rings is 4. The first-order valence-corrected chi connectivity index (χ1v) is 13.0. The first-order valence-electron chi connectivity index (χ1n) is 11.4. The molecule has 0 aromatic heterocycles. The maximum atomic E-state index is 13.3. The first-order chi connectivity index (χ1) is 17.9. The minimum Gasteiger partial charge on any atom is -0.497 e. The SMILES string of the molecule is COc1ccc(CS(=O)(=O)c2cc(OCc3ccccc3)c(OCc3ccccc3)c([N+](=O)[O-])c2)cc1. The molecule has 0 aliphatic heterocycles. The lowest BCUT2D eigenvalue weighted by molar-refractivity contribution is -0.386. The fraction of sp³-hybridized carbons (Fsp3) is 0.143. The molecular weight excluding hydrogens is 494 g/mol. The van der Waals surface area contributed by atoms with E-state index in [-0.39, 0.29) is 35.4 Å². The molecule has 4 rings (SSSR count). The molecule has 0 unspecified atom stereocenters. The fourth-order valence-electron chi connectivity index (χ4n) is 3.62. The van der Waals surface area contributed by atoms with Crippen LogP contribution < -0.4 is 14.2 Å². The third-order valence-corrected chi connectivity index (χ3v) is 7.21. The molecule has 8 nitrogen and oxygen atoms in total. The summed E-state index contributed by atoms with van der Waals surface area (Å²) in [5.41, 5.74) is 1.63. The van der Waals surface area contributed by atoms with E-state index in [1.807, 2.05) is 60.7 Å². The van der Waals surface area contributed by atoms with Crippen molar-refractivity contribution in [2.24, 2.45) is 0 Å². The molecule has 0 aliphatic carbocycles. The Kier molecular flexibility index (Phi) is 8.05. The van der Waals surface area contributed by atoms with Gasteiger partial charge in [-0.15, -0.1) is 0 Å². The molecule has 0 saturated carbocycles. The lowest BCUT2D eigenvalue weighted by atomic mass is 10.2. The van der Waals surface area contributed by atoms with Crippen molar-refractivity contribution in [2.75, 3.05) is 7.11 Å². The summed E-state index contributed by atoms with van der Waals surface area (Å²) in [5.74, 6) is 0.0833. The Bertz CT molecular complexity index is 1460. The lowest BCUT2D eigenvalue weighted by Gasteiger charge is -2.15. The van der Waals surface area contributed by atoms with Gasteiger partial charge in [0.1, 0.15) is 19.0 Å². The summed E-state index contributed by atoms with van der Waals surface area (Å²) in [6.07, 6.45) is 0. The number of nitro benzene ring substituents is 1. The van der Waals surface area contributed by atoms with Crippen LogP contribution in [-0.2, 0) is 28.8 Å². The maximum absolute atomic E-state index is 13.3. The van der Waals surface area contributed by atoms with Gasteiger partial charge in [0.25, 0.3) is 0 Å². The summed E-state index contributed by atoms with van der Waals surface area (Å²) in [5, 5.41) is 12.0. The zero-order chi connectivity index (χ0) is 26.3. The Labute approximate surface area is 215 Å². The van der Waals surface area contributed by atoms with Crippen molar-refractivity contribution in [2.45, 2.75) is 23.9 Å². The van der Waals surface area contributed by atoms with Gasteiger partial charge in [-0.1, -0.05) is 72.8 Å². The molecule has 0 amide bonds. The predicted molar refractivity (Wildman–Crippen MR) is 139 cm³/mol. The number of methoxy groups -OCH3 is 1. The van der Waals surface area contributed by atoms with E-state index >= 15 is 0 Å². The highest BCUT2D eigenvalue weighted by Crippen LogP contribution is 2.41. The zero-order valence-corrected chi connectivity index (χ0v) is 20.9. The van der Waals surface area contributed by atoms with Crippen LogP contribution in [0.3, 0.4) is 0 Å². The Morgan fingerprint density at radius 1 is 0.757 bits per heavy atom. The van der Waals surface area contributed by atoms with E-state index in [4.69, 9.17) is 14.2 Å². The molecule has 0 N–H and O–H groups in total. The molecule has 0 bridgehead atoms. The van der Waals surface area contributed by atoms with Crippen LogP contribution in [0.1, 0.15) is 16.7 Å². The molecule has 0 atom stereocenters. The molecule has 0 aliphatic rings. The van der Waals surface area contributed by atoms with Crippen molar-refractivity contribution in [3.8, 4) is 17.2 Å². The standard InChI is InChI=1S/C28H25NO7S/c1-34-24-14-12-23(13-15-24)20-37(32,33)25-16-26(29(30)31)28(36-19-22-10-6-3-7-11-22)27(17-25)35-18-21-8-4-2-5-9-21/h2-17H,18-20H2,1H3. The molecular formula is C28H25NO7S. The molecule has 0 heterocycles. The van der Waals surface area contributed by atoms with Crippen molar-refractivity contribution >= 4 is 15.5 Å². The molecule has 190 valence electrons. The average Bonchev–Trinajstić information content (AvgIpc) is 2.92. The minimum absolute atomic E-state index is 0.0257. The lowest BCUT2D eigenvalue weighted by Crippen LogP contribution is -2.09. The van der Waals surface area contributed by atoms with Crippen LogP contribution in [0.4, 0.5) is 5.69 Å². The molecule has 0 fully saturated rings. The van der Waals surface area contributed by atoms with Crippen molar-refractivity contribution < 1.29 is 27.6 Å². The Balaban J connectivity index is 1.71. The van der Waals surface area contributed by atoms with Gasteiger partial charge in [0.15, 0.2) is 15.6 Å². The monoisotopic (exact) mass is 519 g/mol. The topological polar surface area (TPSA) is 105 Å². The smallest absolute Gasteiger partial charge is 0.316 e. The normalized spacial score (nSPS) is 11.1. The van der Waals surface area contributed by atoms with E-state index in [1.165, 1.54) is 13.2 Å². The zero-order valence-electron chi connectivity index (χ0n) is 20.1. The van der Waals surface area contributed by atoms with Gasteiger partial charge in [0, 0.05) is 12.1 Å². The van der Waals surface area contributed by atoms with E-state index in [9.17, 15) is 18.5 Å². The van der Waals surface area contributed by atoms with Gasteiger partial charge < -0.3 is 14.2 Å². The van der Waals surface area contributed by atoms with Gasteiger partial charge in [0.05, 0.1) is 22.7 Å². The average molecular weight is 520 g/mol. The summed E-state index contributed by atoms with van der Waals surface area (Å²) in [7, 11) is -2.44. The Morgan fingerprint density at radius 3 is 1.86 bits per heavy atom. The number of rotatable bonds is 11. The van der Waals surface area contributed by atoms with E-state index < -0.39 is 20.4 Å². The van der Waals surface area contributed by atoms with E-state index in [1.54, 1.807) is 24.3 Å². The minimum atomic E-state index is -3.96. The number of nitrogens with zero attached hydrogens (tertiary/aromatic N) is 1. The largest absolute Gasteiger partial charge is 0.497 e. The number of ether oxygens (including phenoxy) is 3. The first kappa shape index (κ1) is 25.7. The summed E-state index contributed by atoms with van der Waals surface area (Å²) in [6.45, 7) is 0.114. The third kappa shape index (κ3) is 6.65. The Hall–Kier alpha value is -4.37. The van der Waals surface area contributed by atoms with E-state index in [2.05, 4.69) is 0 Å². The Morgan fingerprint density at radius 2 is 1.32 bits per heavy atom. The number of hydrogen-bond acceptors (Lipinski definition) is 7. The van der Waals surface area contributed by atoms with Crippen LogP contribution in [0.25, 0.3) is 0 Å². The molecule has 0 spiro atoms. The number of sulfone groups is 1. The van der Waals surface area contributed by atoms with Gasteiger partial charge in [-0.3, -0.25) is 10.1 Å². The summed E-state index contributed by atoms with van der Waals surface area (Å²) in [4.78, 5) is 11.1. The van der Waals surface area contributed by atoms with E-state index in [0.29, 0.717) is 11.3 Å². The maximum Gasteiger partial charge on any atom is 0.316 e. The van der Waals surface area contributed by atoms with Crippen LogP contribution in [0.2, 0.25) is 0 Å². The summed E-state index contributed by atoms with van der Waals surface area (Å²) < 4.78 is 43.5. The van der Waals surface area contributed by atoms with Gasteiger partial charge in [-0.2, -0.15) is 0 Å². The van der Waals surface area contributed by atoms with Gasteiger partial charge in [-0.25, -0.2) is 8.42 Å². The van der Waals surface area contributed by atoms with Crippen LogP contribution in [-0.4, -0.2) is 20.5 Å². The highest BCUT2D eigenvalue weighted by atomic mass is 32.2.